The second-order valence-electron chi connectivity index (χ2n) is 7.63. The predicted molar refractivity (Wildman–Crippen MR) is 122 cm³/mol. The van der Waals surface area contributed by atoms with Gasteiger partial charge in [0.25, 0.3) is 5.91 Å². The van der Waals surface area contributed by atoms with Gasteiger partial charge in [-0.1, -0.05) is 25.0 Å². The van der Waals surface area contributed by atoms with Gasteiger partial charge in [-0.05, 0) is 49.6 Å². The number of aryl methyl sites for hydroxylation is 1. The van der Waals surface area contributed by atoms with Crippen molar-refractivity contribution >= 4 is 21.6 Å². The standard InChI is InChI=1S/C23H30N2O6S/c1-17-11-12-18(15-21(17)32(27,28)25-13-6-4-5-7-14-25)24-22(26)16-31-23-19(29-2)9-8-10-20(23)30-3/h8-12,15H,4-7,13-14,16H2,1-3H3,(H,24,26). The molecule has 0 saturated carbocycles. The van der Waals surface area contributed by atoms with E-state index in [0.29, 0.717) is 41.6 Å². The molecule has 0 spiro atoms. The largest absolute Gasteiger partial charge is 0.493 e. The van der Waals surface area contributed by atoms with Crippen LogP contribution in [0.1, 0.15) is 31.2 Å². The summed E-state index contributed by atoms with van der Waals surface area (Å²) in [6.45, 7) is 2.51. The van der Waals surface area contributed by atoms with Gasteiger partial charge in [0, 0.05) is 18.8 Å². The van der Waals surface area contributed by atoms with E-state index < -0.39 is 15.9 Å². The van der Waals surface area contributed by atoms with Gasteiger partial charge in [-0.15, -0.1) is 0 Å². The van der Waals surface area contributed by atoms with E-state index in [2.05, 4.69) is 5.32 Å². The van der Waals surface area contributed by atoms with Crippen molar-refractivity contribution in [3.05, 3.63) is 42.0 Å². The van der Waals surface area contributed by atoms with E-state index >= 15 is 0 Å². The number of anilines is 1. The zero-order chi connectivity index (χ0) is 23.1. The summed E-state index contributed by atoms with van der Waals surface area (Å²) in [5, 5.41) is 2.71. The smallest absolute Gasteiger partial charge is 0.262 e. The number of benzene rings is 2. The lowest BCUT2D eigenvalue weighted by molar-refractivity contribution is -0.118. The first-order valence-electron chi connectivity index (χ1n) is 10.6. The normalized spacial score (nSPS) is 15.0. The number of sulfonamides is 1. The van der Waals surface area contributed by atoms with Crippen molar-refractivity contribution in [2.24, 2.45) is 0 Å². The molecule has 3 rings (SSSR count). The third-order valence-electron chi connectivity index (χ3n) is 5.38. The fraction of sp³-hybridized carbons (Fsp3) is 0.435. The monoisotopic (exact) mass is 462 g/mol. The van der Waals surface area contributed by atoms with Crippen LogP contribution < -0.4 is 19.5 Å². The van der Waals surface area contributed by atoms with Crippen LogP contribution in [0.4, 0.5) is 5.69 Å². The van der Waals surface area contributed by atoms with E-state index in [1.54, 1.807) is 41.6 Å². The first-order valence-corrected chi connectivity index (χ1v) is 12.0. The Morgan fingerprint density at radius 3 is 2.22 bits per heavy atom. The van der Waals surface area contributed by atoms with Crippen molar-refractivity contribution in [2.75, 3.05) is 39.2 Å². The van der Waals surface area contributed by atoms with Gasteiger partial charge in [-0.25, -0.2) is 8.42 Å². The molecule has 1 aliphatic rings. The maximum atomic E-state index is 13.2. The van der Waals surface area contributed by atoms with Crippen LogP contribution in [-0.4, -0.2) is 52.5 Å². The molecule has 0 radical (unpaired) electrons. The number of rotatable bonds is 8. The Morgan fingerprint density at radius 1 is 1.00 bits per heavy atom. The van der Waals surface area contributed by atoms with Crippen molar-refractivity contribution in [1.29, 1.82) is 0 Å². The molecule has 2 aromatic carbocycles. The zero-order valence-corrected chi connectivity index (χ0v) is 19.5. The molecule has 0 atom stereocenters. The van der Waals surface area contributed by atoms with E-state index in [0.717, 1.165) is 25.7 Å². The second-order valence-corrected chi connectivity index (χ2v) is 9.53. The summed E-state index contributed by atoms with van der Waals surface area (Å²) in [5.74, 6) is 0.776. The third-order valence-corrected chi connectivity index (χ3v) is 7.43. The number of amides is 1. The summed E-state index contributed by atoms with van der Waals surface area (Å²) in [7, 11) is -0.629. The summed E-state index contributed by atoms with van der Waals surface area (Å²) in [4.78, 5) is 12.7. The van der Waals surface area contributed by atoms with E-state index in [9.17, 15) is 13.2 Å². The highest BCUT2D eigenvalue weighted by Crippen LogP contribution is 2.36. The molecule has 0 unspecified atom stereocenters. The van der Waals surface area contributed by atoms with Crippen LogP contribution in [-0.2, 0) is 14.8 Å². The summed E-state index contributed by atoms with van der Waals surface area (Å²) in [6, 6.07) is 10.1. The number of para-hydroxylation sites is 1. The third kappa shape index (κ3) is 5.52. The minimum absolute atomic E-state index is 0.213. The number of hydrogen-bond acceptors (Lipinski definition) is 6. The van der Waals surface area contributed by atoms with Crippen molar-refractivity contribution in [2.45, 2.75) is 37.5 Å². The molecule has 1 aliphatic heterocycles. The predicted octanol–water partition coefficient (Wildman–Crippen LogP) is 3.59. The lowest BCUT2D eigenvalue weighted by Crippen LogP contribution is -2.32. The van der Waals surface area contributed by atoms with Gasteiger partial charge in [0.2, 0.25) is 15.8 Å². The number of nitrogens with one attached hydrogen (secondary N) is 1. The molecule has 1 N–H and O–H groups in total. The molecule has 9 heteroatoms. The molecule has 174 valence electrons. The molecule has 1 heterocycles. The highest BCUT2D eigenvalue weighted by molar-refractivity contribution is 7.89. The van der Waals surface area contributed by atoms with Crippen LogP contribution >= 0.6 is 0 Å². The lowest BCUT2D eigenvalue weighted by atomic mass is 10.2. The molecule has 0 bridgehead atoms. The molecule has 2 aromatic rings. The van der Waals surface area contributed by atoms with Gasteiger partial charge in [-0.3, -0.25) is 4.79 Å². The maximum Gasteiger partial charge on any atom is 0.262 e. The SMILES string of the molecule is COc1cccc(OC)c1OCC(=O)Nc1ccc(C)c(S(=O)(=O)N2CCCCCC2)c1. The Bertz CT molecular complexity index is 1020. The number of carbonyl (C=O) groups is 1. The van der Waals surface area contributed by atoms with Crippen LogP contribution in [0.3, 0.4) is 0 Å². The number of nitrogens with zero attached hydrogens (tertiary/aromatic N) is 1. The first-order chi connectivity index (χ1) is 15.4. The van der Waals surface area contributed by atoms with Gasteiger partial charge in [0.1, 0.15) is 0 Å². The molecule has 1 fully saturated rings. The Hall–Kier alpha value is -2.78. The Morgan fingerprint density at radius 2 is 1.62 bits per heavy atom. The summed E-state index contributed by atoms with van der Waals surface area (Å²) < 4.78 is 44.1. The van der Waals surface area contributed by atoms with Gasteiger partial charge >= 0.3 is 0 Å². The van der Waals surface area contributed by atoms with Gasteiger partial charge in [0.05, 0.1) is 19.1 Å². The van der Waals surface area contributed by atoms with Crippen molar-refractivity contribution in [3.63, 3.8) is 0 Å². The molecular formula is C23H30N2O6S. The highest BCUT2D eigenvalue weighted by Gasteiger charge is 2.27. The number of carbonyl (C=O) groups excluding carboxylic acids is 1. The first kappa shape index (κ1) is 23.9. The van der Waals surface area contributed by atoms with E-state index in [4.69, 9.17) is 14.2 Å². The second kappa shape index (κ2) is 10.7. The Balaban J connectivity index is 1.73. The fourth-order valence-corrected chi connectivity index (χ4v) is 5.44. The Labute approximate surface area is 189 Å². The van der Waals surface area contributed by atoms with Crippen molar-refractivity contribution in [3.8, 4) is 17.2 Å². The minimum Gasteiger partial charge on any atom is -0.493 e. The molecule has 1 amide bonds. The zero-order valence-electron chi connectivity index (χ0n) is 18.7. The van der Waals surface area contributed by atoms with Gasteiger partial charge < -0.3 is 19.5 Å². The molecule has 0 aromatic heterocycles. The summed E-state index contributed by atoms with van der Waals surface area (Å²) in [5.41, 5.74) is 1.03. The van der Waals surface area contributed by atoms with Crippen LogP contribution in [0.2, 0.25) is 0 Å². The topological polar surface area (TPSA) is 94.2 Å². The highest BCUT2D eigenvalue weighted by atomic mass is 32.2. The molecule has 8 nitrogen and oxygen atoms in total. The van der Waals surface area contributed by atoms with Crippen LogP contribution in [0, 0.1) is 6.92 Å². The number of methoxy groups -OCH3 is 2. The number of hydrogen-bond donors (Lipinski definition) is 1. The van der Waals surface area contributed by atoms with Crippen molar-refractivity contribution in [1.82, 2.24) is 4.31 Å². The molecule has 1 saturated heterocycles. The van der Waals surface area contributed by atoms with E-state index in [-0.39, 0.29) is 11.5 Å². The quantitative estimate of drug-likeness (QED) is 0.644. The summed E-state index contributed by atoms with van der Waals surface area (Å²) >= 11 is 0. The lowest BCUT2D eigenvalue weighted by Gasteiger charge is -2.21. The fourth-order valence-electron chi connectivity index (χ4n) is 3.67. The maximum absolute atomic E-state index is 13.2. The van der Waals surface area contributed by atoms with E-state index in [1.165, 1.54) is 20.3 Å². The molecule has 32 heavy (non-hydrogen) atoms. The van der Waals surface area contributed by atoms with Crippen LogP contribution in [0.5, 0.6) is 17.2 Å². The average molecular weight is 463 g/mol. The van der Waals surface area contributed by atoms with Crippen LogP contribution in [0.15, 0.2) is 41.3 Å². The average Bonchev–Trinajstić information content (AvgIpc) is 3.09. The van der Waals surface area contributed by atoms with Crippen molar-refractivity contribution < 1.29 is 27.4 Å². The van der Waals surface area contributed by atoms with Gasteiger partial charge in [0.15, 0.2) is 18.1 Å². The molecular weight excluding hydrogens is 432 g/mol. The summed E-state index contributed by atoms with van der Waals surface area (Å²) in [6.07, 6.45) is 3.80. The minimum atomic E-state index is -3.63. The molecule has 0 aliphatic carbocycles. The van der Waals surface area contributed by atoms with Crippen LogP contribution in [0.25, 0.3) is 0 Å². The number of ether oxygens (including phenoxy) is 3. The van der Waals surface area contributed by atoms with E-state index in [1.807, 2.05) is 0 Å². The Kier molecular flexibility index (Phi) is 7.98. The van der Waals surface area contributed by atoms with Gasteiger partial charge in [-0.2, -0.15) is 4.31 Å².